The fourth-order valence-corrected chi connectivity index (χ4v) is 2.01. The second kappa shape index (κ2) is 5.56. The smallest absolute Gasteiger partial charge is 0.217 e. The fourth-order valence-electron chi connectivity index (χ4n) is 2.01. The number of fused-ring (bicyclic) bond motifs is 1. The summed E-state index contributed by atoms with van der Waals surface area (Å²) in [7, 11) is 0. The summed E-state index contributed by atoms with van der Waals surface area (Å²) in [6.45, 7) is 2.64. The van der Waals surface area contributed by atoms with Crippen LogP contribution in [0.5, 0.6) is 0 Å². The number of nitrogen functional groups attached to an aromatic ring is 1. The van der Waals surface area contributed by atoms with Crippen LogP contribution in [0.3, 0.4) is 0 Å². The first-order valence-electron chi connectivity index (χ1n) is 6.25. The van der Waals surface area contributed by atoms with Crippen LogP contribution in [0.15, 0.2) is 24.4 Å². The lowest BCUT2D eigenvalue weighted by molar-refractivity contribution is -0.118. The number of aryl methyl sites for hydroxylation is 1. The van der Waals surface area contributed by atoms with Crippen LogP contribution in [0.1, 0.15) is 18.5 Å². The molecule has 0 aliphatic heterocycles. The van der Waals surface area contributed by atoms with Gasteiger partial charge in [-0.3, -0.25) is 9.78 Å². The summed E-state index contributed by atoms with van der Waals surface area (Å²) in [6.07, 6.45) is 2.89. The van der Waals surface area contributed by atoms with E-state index >= 15 is 0 Å². The zero-order valence-electron chi connectivity index (χ0n) is 10.9. The van der Waals surface area contributed by atoms with Crippen molar-refractivity contribution in [3.05, 3.63) is 30.1 Å². The molecule has 0 atom stereocenters. The zero-order chi connectivity index (χ0) is 13.8. The van der Waals surface area contributed by atoms with Gasteiger partial charge in [-0.25, -0.2) is 0 Å². The summed E-state index contributed by atoms with van der Waals surface area (Å²) in [5.74, 6) is -0.274. The number of carbonyl (C=O) groups is 1. The Kier molecular flexibility index (Phi) is 3.85. The van der Waals surface area contributed by atoms with Crippen molar-refractivity contribution in [1.82, 2.24) is 4.98 Å². The van der Waals surface area contributed by atoms with Gasteiger partial charge in [0, 0.05) is 47.0 Å². The number of pyridine rings is 1. The van der Waals surface area contributed by atoms with E-state index in [0.29, 0.717) is 25.1 Å². The molecule has 5 N–H and O–H groups in total. The Morgan fingerprint density at radius 1 is 1.37 bits per heavy atom. The number of nitrogens with one attached hydrogen (secondary N) is 1. The number of amides is 1. The van der Waals surface area contributed by atoms with Crippen molar-refractivity contribution in [3.8, 4) is 0 Å². The van der Waals surface area contributed by atoms with E-state index in [0.717, 1.165) is 22.2 Å². The van der Waals surface area contributed by atoms with Gasteiger partial charge >= 0.3 is 0 Å². The quantitative estimate of drug-likeness (QED) is 0.563. The number of primary amides is 1. The summed E-state index contributed by atoms with van der Waals surface area (Å²) in [5.41, 5.74) is 13.7. The van der Waals surface area contributed by atoms with Crippen molar-refractivity contribution in [2.45, 2.75) is 19.8 Å². The minimum Gasteiger partial charge on any atom is -0.398 e. The lowest BCUT2D eigenvalue weighted by Gasteiger charge is -2.11. The zero-order valence-corrected chi connectivity index (χ0v) is 10.9. The molecule has 0 unspecified atom stereocenters. The summed E-state index contributed by atoms with van der Waals surface area (Å²) in [5, 5.41) is 5.29. The average molecular weight is 258 g/mol. The van der Waals surface area contributed by atoms with Crippen molar-refractivity contribution >= 4 is 28.1 Å². The van der Waals surface area contributed by atoms with E-state index in [1.54, 1.807) is 6.20 Å². The highest BCUT2D eigenvalue weighted by Crippen LogP contribution is 2.28. The van der Waals surface area contributed by atoms with Crippen molar-refractivity contribution in [2.24, 2.45) is 5.73 Å². The summed E-state index contributed by atoms with van der Waals surface area (Å²) in [4.78, 5) is 14.9. The van der Waals surface area contributed by atoms with Crippen LogP contribution in [0, 0.1) is 6.92 Å². The number of anilines is 2. The Morgan fingerprint density at radius 3 is 2.89 bits per heavy atom. The Balaban J connectivity index is 2.21. The van der Waals surface area contributed by atoms with E-state index in [4.69, 9.17) is 11.5 Å². The van der Waals surface area contributed by atoms with E-state index in [1.807, 2.05) is 25.1 Å². The third-order valence-electron chi connectivity index (χ3n) is 2.99. The Labute approximate surface area is 112 Å². The van der Waals surface area contributed by atoms with Gasteiger partial charge in [-0.2, -0.15) is 0 Å². The summed E-state index contributed by atoms with van der Waals surface area (Å²) in [6, 6.07) is 5.80. The molecule has 1 aromatic carbocycles. The molecular formula is C14H18N4O. The maximum atomic E-state index is 10.7. The number of rotatable bonds is 5. The van der Waals surface area contributed by atoms with Gasteiger partial charge < -0.3 is 16.8 Å². The van der Waals surface area contributed by atoms with Gasteiger partial charge in [0.05, 0.1) is 0 Å². The van der Waals surface area contributed by atoms with E-state index in [-0.39, 0.29) is 5.91 Å². The molecule has 2 rings (SSSR count). The molecule has 0 fully saturated rings. The maximum Gasteiger partial charge on any atom is 0.217 e. The number of benzene rings is 1. The molecule has 2 aromatic rings. The third kappa shape index (κ3) is 3.13. The highest BCUT2D eigenvalue weighted by Gasteiger charge is 2.05. The van der Waals surface area contributed by atoms with Gasteiger partial charge in [-0.1, -0.05) is 0 Å². The van der Waals surface area contributed by atoms with Gasteiger partial charge in [-0.15, -0.1) is 0 Å². The van der Waals surface area contributed by atoms with Gasteiger partial charge in [-0.05, 0) is 31.5 Å². The summed E-state index contributed by atoms with van der Waals surface area (Å²) >= 11 is 0. The van der Waals surface area contributed by atoms with E-state index in [2.05, 4.69) is 10.3 Å². The molecular weight excluding hydrogens is 240 g/mol. The highest BCUT2D eigenvalue weighted by atomic mass is 16.1. The monoisotopic (exact) mass is 258 g/mol. The van der Waals surface area contributed by atoms with E-state index in [9.17, 15) is 4.79 Å². The molecule has 1 amide bonds. The first kappa shape index (κ1) is 13.1. The molecule has 0 spiro atoms. The van der Waals surface area contributed by atoms with Gasteiger partial charge in [0.25, 0.3) is 0 Å². The van der Waals surface area contributed by atoms with Gasteiger partial charge in [0.2, 0.25) is 5.91 Å². The first-order chi connectivity index (χ1) is 9.08. The molecule has 100 valence electrons. The molecule has 19 heavy (non-hydrogen) atoms. The molecule has 0 saturated carbocycles. The first-order valence-corrected chi connectivity index (χ1v) is 6.25. The minimum absolute atomic E-state index is 0.274. The van der Waals surface area contributed by atoms with Crippen LogP contribution in [0.25, 0.3) is 10.8 Å². The molecule has 0 bridgehead atoms. The van der Waals surface area contributed by atoms with Crippen molar-refractivity contribution in [3.63, 3.8) is 0 Å². The van der Waals surface area contributed by atoms with Crippen LogP contribution >= 0.6 is 0 Å². The third-order valence-corrected chi connectivity index (χ3v) is 2.99. The van der Waals surface area contributed by atoms with Crippen LogP contribution in [0.4, 0.5) is 11.4 Å². The van der Waals surface area contributed by atoms with Crippen molar-refractivity contribution in [1.29, 1.82) is 0 Å². The lowest BCUT2D eigenvalue weighted by atomic mass is 10.1. The Hall–Kier alpha value is -2.30. The topological polar surface area (TPSA) is 94.0 Å². The second-order valence-corrected chi connectivity index (χ2v) is 4.57. The number of nitrogens with two attached hydrogens (primary N) is 2. The Morgan fingerprint density at radius 2 is 2.16 bits per heavy atom. The molecule has 0 saturated heterocycles. The van der Waals surface area contributed by atoms with Crippen LogP contribution in [0.2, 0.25) is 0 Å². The summed E-state index contributed by atoms with van der Waals surface area (Å²) < 4.78 is 0. The molecule has 5 heteroatoms. The number of hydrogen-bond donors (Lipinski definition) is 3. The number of nitrogens with zero attached hydrogens (tertiary/aromatic N) is 1. The van der Waals surface area contributed by atoms with Crippen molar-refractivity contribution < 1.29 is 4.79 Å². The largest absolute Gasteiger partial charge is 0.398 e. The van der Waals surface area contributed by atoms with Crippen LogP contribution < -0.4 is 16.8 Å². The fraction of sp³-hybridized carbons (Fsp3) is 0.286. The average Bonchev–Trinajstić information content (AvgIpc) is 2.36. The maximum absolute atomic E-state index is 10.7. The normalized spacial score (nSPS) is 10.6. The number of carbonyl (C=O) groups excluding carboxylic acids is 1. The lowest BCUT2D eigenvalue weighted by Crippen LogP contribution is -2.12. The molecule has 1 heterocycles. The predicted molar refractivity (Wildman–Crippen MR) is 77.8 cm³/mol. The van der Waals surface area contributed by atoms with Crippen molar-refractivity contribution in [2.75, 3.05) is 17.6 Å². The predicted octanol–water partition coefficient (Wildman–Crippen LogP) is 1.80. The van der Waals surface area contributed by atoms with E-state index < -0.39 is 0 Å². The number of hydrogen-bond acceptors (Lipinski definition) is 4. The van der Waals surface area contributed by atoms with Gasteiger partial charge in [0.1, 0.15) is 0 Å². The SMILES string of the molecule is Cc1cc2c(NCCCC(N)=O)ccc(N)c2cn1. The van der Waals surface area contributed by atoms with Crippen LogP contribution in [-0.2, 0) is 4.79 Å². The standard InChI is InChI=1S/C14H18N4O/c1-9-7-10-11(8-18-9)12(15)4-5-13(10)17-6-2-3-14(16)19/h4-5,7-8,17H,2-3,6,15H2,1H3,(H2,16,19). The van der Waals surface area contributed by atoms with Crippen LogP contribution in [-0.4, -0.2) is 17.4 Å². The molecule has 0 radical (unpaired) electrons. The molecule has 0 aliphatic rings. The Bertz CT molecular complexity index is 610. The minimum atomic E-state index is -0.274. The second-order valence-electron chi connectivity index (χ2n) is 4.57. The number of aromatic nitrogens is 1. The highest BCUT2D eigenvalue weighted by molar-refractivity contribution is 6.00. The molecule has 5 nitrogen and oxygen atoms in total. The molecule has 0 aliphatic carbocycles. The van der Waals surface area contributed by atoms with Gasteiger partial charge in [0.15, 0.2) is 0 Å². The van der Waals surface area contributed by atoms with E-state index in [1.165, 1.54) is 0 Å². The molecule has 1 aromatic heterocycles.